The van der Waals surface area contributed by atoms with Crippen molar-refractivity contribution in [2.75, 3.05) is 25.0 Å². The number of amides is 1. The van der Waals surface area contributed by atoms with E-state index in [2.05, 4.69) is 10.0 Å². The van der Waals surface area contributed by atoms with Crippen LogP contribution in [0.15, 0.2) is 40.6 Å². The Balaban J connectivity index is 1.96. The minimum absolute atomic E-state index is 0.102. The summed E-state index contributed by atoms with van der Waals surface area (Å²) in [6.45, 7) is 2.79. The summed E-state index contributed by atoms with van der Waals surface area (Å²) in [6, 6.07) is 10.1. The zero-order valence-corrected chi connectivity index (χ0v) is 15.2. The Morgan fingerprint density at radius 2 is 1.88 bits per heavy atom. The molecule has 0 fully saturated rings. The van der Waals surface area contributed by atoms with Gasteiger partial charge in [0.05, 0.1) is 13.0 Å². The molecule has 0 atom stereocenters. The fraction of sp³-hybridized carbons (Fsp3) is 0.312. The molecule has 0 radical (unpaired) electrons. The molecule has 1 aromatic heterocycles. The molecular formula is C16H20N2O4S2. The first-order chi connectivity index (χ1) is 11.4. The molecule has 0 aliphatic heterocycles. The SMILES string of the molecule is COCCNC(=O)Cc1ccc(NS(=O)(=O)c2ccc(C)s2)cc1. The van der Waals surface area contributed by atoms with E-state index in [0.29, 0.717) is 18.8 Å². The first-order valence-electron chi connectivity index (χ1n) is 7.34. The molecule has 8 heteroatoms. The average Bonchev–Trinajstić information content (AvgIpc) is 2.97. The third-order valence-electron chi connectivity index (χ3n) is 3.18. The smallest absolute Gasteiger partial charge is 0.271 e. The predicted molar refractivity (Wildman–Crippen MR) is 94.9 cm³/mol. The maximum Gasteiger partial charge on any atom is 0.271 e. The van der Waals surface area contributed by atoms with Crippen molar-refractivity contribution >= 4 is 33.0 Å². The second-order valence-corrected chi connectivity index (χ2v) is 8.38. The van der Waals surface area contributed by atoms with Crippen molar-refractivity contribution in [3.05, 3.63) is 46.8 Å². The highest BCUT2D eigenvalue weighted by Crippen LogP contribution is 2.23. The maximum absolute atomic E-state index is 12.2. The Kier molecular flexibility index (Phi) is 6.36. The van der Waals surface area contributed by atoms with E-state index in [1.165, 1.54) is 11.3 Å². The lowest BCUT2D eigenvalue weighted by atomic mass is 10.1. The van der Waals surface area contributed by atoms with Gasteiger partial charge >= 0.3 is 0 Å². The summed E-state index contributed by atoms with van der Waals surface area (Å²) in [5.41, 5.74) is 1.27. The minimum atomic E-state index is -3.57. The number of thiophene rings is 1. The first kappa shape index (κ1) is 18.4. The number of anilines is 1. The normalized spacial score (nSPS) is 11.2. The van der Waals surface area contributed by atoms with E-state index in [1.807, 2.05) is 6.92 Å². The molecule has 0 spiro atoms. The first-order valence-corrected chi connectivity index (χ1v) is 9.64. The van der Waals surface area contributed by atoms with Crippen molar-refractivity contribution in [3.63, 3.8) is 0 Å². The number of carbonyl (C=O) groups is 1. The van der Waals surface area contributed by atoms with E-state index in [1.54, 1.807) is 43.5 Å². The molecule has 6 nitrogen and oxygen atoms in total. The summed E-state index contributed by atoms with van der Waals surface area (Å²) in [5, 5.41) is 2.73. The largest absolute Gasteiger partial charge is 0.383 e. The van der Waals surface area contributed by atoms with Gasteiger partial charge in [0.15, 0.2) is 0 Å². The second-order valence-electron chi connectivity index (χ2n) is 5.19. The number of nitrogens with one attached hydrogen (secondary N) is 2. The number of hydrogen-bond donors (Lipinski definition) is 2. The fourth-order valence-electron chi connectivity index (χ4n) is 1.99. The van der Waals surface area contributed by atoms with Gasteiger partial charge in [0.2, 0.25) is 5.91 Å². The second kappa shape index (κ2) is 8.27. The molecule has 0 saturated carbocycles. The summed E-state index contributed by atoms with van der Waals surface area (Å²) in [6.07, 6.45) is 0.237. The van der Waals surface area contributed by atoms with Gasteiger partial charge in [0, 0.05) is 24.2 Å². The third kappa shape index (κ3) is 5.33. The quantitative estimate of drug-likeness (QED) is 0.700. The number of aryl methyl sites for hydroxylation is 1. The Hall–Kier alpha value is -1.90. The lowest BCUT2D eigenvalue weighted by Gasteiger charge is -2.08. The molecule has 0 unspecified atom stereocenters. The van der Waals surface area contributed by atoms with Crippen LogP contribution in [0.3, 0.4) is 0 Å². The Morgan fingerprint density at radius 3 is 2.46 bits per heavy atom. The van der Waals surface area contributed by atoms with Gasteiger partial charge in [-0.15, -0.1) is 11.3 Å². The minimum Gasteiger partial charge on any atom is -0.383 e. The van der Waals surface area contributed by atoms with Crippen molar-refractivity contribution in [1.29, 1.82) is 0 Å². The highest BCUT2D eigenvalue weighted by Gasteiger charge is 2.16. The van der Waals surface area contributed by atoms with Crippen LogP contribution in [-0.2, 0) is 26.0 Å². The zero-order valence-electron chi connectivity index (χ0n) is 13.5. The third-order valence-corrected chi connectivity index (χ3v) is 6.05. The van der Waals surface area contributed by atoms with Crippen molar-refractivity contribution in [1.82, 2.24) is 5.32 Å². The molecule has 0 bridgehead atoms. The van der Waals surface area contributed by atoms with Gasteiger partial charge in [-0.05, 0) is 36.8 Å². The van der Waals surface area contributed by atoms with Crippen molar-refractivity contribution in [2.24, 2.45) is 0 Å². The van der Waals surface area contributed by atoms with Crippen LogP contribution in [0.2, 0.25) is 0 Å². The molecule has 130 valence electrons. The van der Waals surface area contributed by atoms with Gasteiger partial charge in [-0.25, -0.2) is 8.42 Å². The number of rotatable bonds is 8. The molecular weight excluding hydrogens is 348 g/mol. The molecule has 0 aliphatic carbocycles. The topological polar surface area (TPSA) is 84.5 Å². The fourth-order valence-corrected chi connectivity index (χ4v) is 4.33. The van der Waals surface area contributed by atoms with Crippen LogP contribution in [0.25, 0.3) is 0 Å². The van der Waals surface area contributed by atoms with Crippen molar-refractivity contribution in [2.45, 2.75) is 17.6 Å². The van der Waals surface area contributed by atoms with Crippen molar-refractivity contribution in [3.8, 4) is 0 Å². The number of benzene rings is 1. The number of carbonyl (C=O) groups excluding carboxylic acids is 1. The molecule has 24 heavy (non-hydrogen) atoms. The monoisotopic (exact) mass is 368 g/mol. The molecule has 1 amide bonds. The molecule has 2 aromatic rings. The van der Waals surface area contributed by atoms with Gasteiger partial charge in [-0.2, -0.15) is 0 Å². The Morgan fingerprint density at radius 1 is 1.17 bits per heavy atom. The molecule has 0 aliphatic rings. The van der Waals surface area contributed by atoms with Crippen molar-refractivity contribution < 1.29 is 17.9 Å². The van der Waals surface area contributed by atoms with E-state index in [4.69, 9.17) is 4.74 Å². The van der Waals surface area contributed by atoms with Gasteiger partial charge in [-0.3, -0.25) is 9.52 Å². The van der Waals surface area contributed by atoms with Crippen LogP contribution in [0.5, 0.6) is 0 Å². The average molecular weight is 368 g/mol. The van der Waals surface area contributed by atoms with E-state index >= 15 is 0 Å². The summed E-state index contributed by atoms with van der Waals surface area (Å²) >= 11 is 1.22. The zero-order chi connectivity index (χ0) is 17.6. The predicted octanol–water partition coefficient (Wildman–Crippen LogP) is 2.16. The Labute approximate surface area is 145 Å². The number of methoxy groups -OCH3 is 1. The van der Waals surface area contributed by atoms with Crippen LogP contribution >= 0.6 is 11.3 Å². The van der Waals surface area contributed by atoms with E-state index in [-0.39, 0.29) is 16.5 Å². The number of ether oxygens (including phenoxy) is 1. The van der Waals surface area contributed by atoms with Crippen LogP contribution < -0.4 is 10.0 Å². The molecule has 2 rings (SSSR count). The van der Waals surface area contributed by atoms with E-state index in [9.17, 15) is 13.2 Å². The lowest BCUT2D eigenvalue weighted by molar-refractivity contribution is -0.120. The highest BCUT2D eigenvalue weighted by molar-refractivity contribution is 7.94. The Bertz CT molecular complexity index is 783. The van der Waals surface area contributed by atoms with Crippen LogP contribution in [0, 0.1) is 6.92 Å². The molecule has 0 saturated heterocycles. The van der Waals surface area contributed by atoms with Gasteiger partial charge in [-0.1, -0.05) is 12.1 Å². The molecule has 2 N–H and O–H groups in total. The van der Waals surface area contributed by atoms with Crippen LogP contribution in [-0.4, -0.2) is 34.6 Å². The molecule has 1 aromatic carbocycles. The highest BCUT2D eigenvalue weighted by atomic mass is 32.2. The number of hydrogen-bond acceptors (Lipinski definition) is 5. The lowest BCUT2D eigenvalue weighted by Crippen LogP contribution is -2.28. The standard InChI is InChI=1S/C16H20N2O4S2/c1-12-3-8-16(23-12)24(20,21)18-14-6-4-13(5-7-14)11-15(19)17-9-10-22-2/h3-8,18H,9-11H2,1-2H3,(H,17,19). The molecule has 1 heterocycles. The van der Waals surface area contributed by atoms with Gasteiger partial charge in [0.1, 0.15) is 4.21 Å². The number of sulfonamides is 1. The van der Waals surface area contributed by atoms with Gasteiger partial charge in [0.25, 0.3) is 10.0 Å². The van der Waals surface area contributed by atoms with Crippen LogP contribution in [0.4, 0.5) is 5.69 Å². The summed E-state index contributed by atoms with van der Waals surface area (Å²) in [4.78, 5) is 12.6. The summed E-state index contributed by atoms with van der Waals surface area (Å²) in [7, 11) is -2.00. The van der Waals surface area contributed by atoms with Gasteiger partial charge < -0.3 is 10.1 Å². The van der Waals surface area contributed by atoms with E-state index < -0.39 is 10.0 Å². The maximum atomic E-state index is 12.2. The van der Waals surface area contributed by atoms with E-state index in [0.717, 1.165) is 10.4 Å². The van der Waals surface area contributed by atoms with Crippen LogP contribution in [0.1, 0.15) is 10.4 Å². The summed E-state index contributed by atoms with van der Waals surface area (Å²) < 4.78 is 32.2. The summed E-state index contributed by atoms with van der Waals surface area (Å²) in [5.74, 6) is -0.102.